The molecule has 126 valence electrons. The van der Waals surface area contributed by atoms with Crippen molar-refractivity contribution < 1.29 is 23.1 Å². The van der Waals surface area contributed by atoms with Gasteiger partial charge in [-0.3, -0.25) is 0 Å². The van der Waals surface area contributed by atoms with Crippen molar-refractivity contribution in [2.24, 2.45) is 0 Å². The first-order chi connectivity index (χ1) is 11.4. The molecule has 0 saturated carbocycles. The van der Waals surface area contributed by atoms with E-state index in [1.807, 2.05) is 0 Å². The molecule has 0 aliphatic carbocycles. The van der Waals surface area contributed by atoms with Crippen LogP contribution in [0.25, 0.3) is 11.1 Å². The minimum atomic E-state index is -3.61. The molecule has 3 rings (SSSR count). The standard InChI is InChI=1S/C17H17NO5S/c1-18(10-15-11-23-15)24(21,22)16-7-3-5-13(9-16)12-4-2-6-14(8-12)17(19)20/h2-9,15H,10-11H2,1H3,(H,19,20)/t15-/m0/s1. The predicted octanol–water partition coefficient (Wildman–Crippen LogP) is 2.07. The fourth-order valence-corrected chi connectivity index (χ4v) is 3.66. The number of carbonyl (C=O) groups is 1. The third-order valence-corrected chi connectivity index (χ3v) is 5.67. The molecule has 0 radical (unpaired) electrons. The Kier molecular flexibility index (Phi) is 4.40. The predicted molar refractivity (Wildman–Crippen MR) is 88.4 cm³/mol. The molecule has 24 heavy (non-hydrogen) atoms. The average Bonchev–Trinajstić information content (AvgIpc) is 3.39. The Morgan fingerprint density at radius 3 is 2.46 bits per heavy atom. The Morgan fingerprint density at radius 2 is 1.83 bits per heavy atom. The van der Waals surface area contributed by atoms with Crippen molar-refractivity contribution in [3.05, 3.63) is 54.1 Å². The van der Waals surface area contributed by atoms with Gasteiger partial charge in [0.15, 0.2) is 0 Å². The number of benzene rings is 2. The normalized spacial score (nSPS) is 17.0. The zero-order valence-corrected chi connectivity index (χ0v) is 13.9. The van der Waals surface area contributed by atoms with Crippen LogP contribution in [0, 0.1) is 0 Å². The van der Waals surface area contributed by atoms with Gasteiger partial charge in [-0.2, -0.15) is 4.31 Å². The number of sulfonamides is 1. The minimum absolute atomic E-state index is 0.0276. The Hall–Kier alpha value is -2.22. The van der Waals surface area contributed by atoms with Crippen molar-refractivity contribution >= 4 is 16.0 Å². The summed E-state index contributed by atoms with van der Waals surface area (Å²) in [4.78, 5) is 11.3. The van der Waals surface area contributed by atoms with Crippen LogP contribution in [0.2, 0.25) is 0 Å². The zero-order valence-electron chi connectivity index (χ0n) is 13.0. The van der Waals surface area contributed by atoms with E-state index in [0.29, 0.717) is 24.3 Å². The number of carboxylic acid groups (broad SMARTS) is 1. The molecule has 2 aromatic carbocycles. The fourth-order valence-electron chi connectivity index (χ4n) is 2.41. The van der Waals surface area contributed by atoms with Crippen LogP contribution in [0.4, 0.5) is 0 Å². The molecule has 1 saturated heterocycles. The van der Waals surface area contributed by atoms with Crippen LogP contribution < -0.4 is 0 Å². The number of rotatable bonds is 6. The molecule has 0 aromatic heterocycles. The molecule has 2 aromatic rings. The molecule has 0 unspecified atom stereocenters. The van der Waals surface area contributed by atoms with E-state index in [9.17, 15) is 13.2 Å². The summed E-state index contributed by atoms with van der Waals surface area (Å²) in [6.45, 7) is 0.906. The number of carboxylic acids is 1. The highest BCUT2D eigenvalue weighted by Crippen LogP contribution is 2.25. The highest BCUT2D eigenvalue weighted by molar-refractivity contribution is 7.89. The highest BCUT2D eigenvalue weighted by Gasteiger charge is 2.30. The number of nitrogens with zero attached hydrogens (tertiary/aromatic N) is 1. The van der Waals surface area contributed by atoms with Gasteiger partial charge in [0.1, 0.15) is 0 Å². The highest BCUT2D eigenvalue weighted by atomic mass is 32.2. The van der Waals surface area contributed by atoms with Gasteiger partial charge in [0.05, 0.1) is 23.2 Å². The molecule has 1 N–H and O–H groups in total. The number of aromatic carboxylic acids is 1. The lowest BCUT2D eigenvalue weighted by atomic mass is 10.0. The molecule has 1 fully saturated rings. The number of hydrogen-bond donors (Lipinski definition) is 1. The topological polar surface area (TPSA) is 87.2 Å². The minimum Gasteiger partial charge on any atom is -0.478 e. The third kappa shape index (κ3) is 3.48. The maximum atomic E-state index is 12.6. The summed E-state index contributed by atoms with van der Waals surface area (Å²) in [7, 11) is -2.09. The molecule has 7 heteroatoms. The van der Waals surface area contributed by atoms with Gasteiger partial charge in [-0.25, -0.2) is 13.2 Å². The average molecular weight is 347 g/mol. The summed E-state index contributed by atoms with van der Waals surface area (Å²) in [6, 6.07) is 12.9. The van der Waals surface area contributed by atoms with Crippen molar-refractivity contribution in [3.63, 3.8) is 0 Å². The van der Waals surface area contributed by atoms with Crippen LogP contribution in [0.15, 0.2) is 53.4 Å². The summed E-state index contributed by atoms with van der Waals surface area (Å²) in [5.74, 6) is -1.02. The van der Waals surface area contributed by atoms with E-state index in [0.717, 1.165) is 0 Å². The number of ether oxygens (including phenoxy) is 1. The summed E-state index contributed by atoms with van der Waals surface area (Å²) < 4.78 is 31.6. The van der Waals surface area contributed by atoms with E-state index in [1.54, 1.807) is 30.3 Å². The van der Waals surface area contributed by atoms with Crippen LogP contribution in [-0.4, -0.2) is 50.1 Å². The molecule has 0 bridgehead atoms. The first-order valence-electron chi connectivity index (χ1n) is 7.39. The number of hydrogen-bond acceptors (Lipinski definition) is 4. The molecule has 0 spiro atoms. The largest absolute Gasteiger partial charge is 0.478 e. The van der Waals surface area contributed by atoms with Crippen LogP contribution in [-0.2, 0) is 14.8 Å². The van der Waals surface area contributed by atoms with E-state index in [4.69, 9.17) is 9.84 Å². The molecular formula is C17H17NO5S. The fraction of sp³-hybridized carbons (Fsp3) is 0.235. The smallest absolute Gasteiger partial charge is 0.335 e. The SMILES string of the molecule is CN(C[C@H]1CO1)S(=O)(=O)c1cccc(-c2cccc(C(=O)O)c2)c1. The van der Waals surface area contributed by atoms with Crippen molar-refractivity contribution in [1.82, 2.24) is 4.31 Å². The molecule has 1 aliphatic heterocycles. The molecular weight excluding hydrogens is 330 g/mol. The molecule has 6 nitrogen and oxygen atoms in total. The molecule has 1 atom stereocenters. The second-order valence-electron chi connectivity index (χ2n) is 5.65. The summed E-state index contributed by atoms with van der Waals surface area (Å²) in [6.07, 6.45) is -0.0276. The van der Waals surface area contributed by atoms with Crippen LogP contribution in [0.5, 0.6) is 0 Å². The summed E-state index contributed by atoms with van der Waals surface area (Å²) >= 11 is 0. The monoisotopic (exact) mass is 347 g/mol. The van der Waals surface area contributed by atoms with Crippen molar-refractivity contribution in [3.8, 4) is 11.1 Å². The van der Waals surface area contributed by atoms with E-state index >= 15 is 0 Å². The molecule has 0 amide bonds. The Labute approximate surface area is 140 Å². The van der Waals surface area contributed by atoms with Gasteiger partial charge in [0.25, 0.3) is 0 Å². The first-order valence-corrected chi connectivity index (χ1v) is 8.83. The van der Waals surface area contributed by atoms with E-state index in [-0.39, 0.29) is 16.6 Å². The van der Waals surface area contributed by atoms with Crippen LogP contribution in [0.1, 0.15) is 10.4 Å². The Balaban J connectivity index is 1.94. The van der Waals surface area contributed by atoms with Gasteiger partial charge in [-0.15, -0.1) is 0 Å². The summed E-state index contributed by atoms with van der Waals surface area (Å²) in [5, 5.41) is 9.09. The maximum Gasteiger partial charge on any atom is 0.335 e. The lowest BCUT2D eigenvalue weighted by molar-refractivity contribution is 0.0697. The second-order valence-corrected chi connectivity index (χ2v) is 7.70. The van der Waals surface area contributed by atoms with Gasteiger partial charge >= 0.3 is 5.97 Å². The van der Waals surface area contributed by atoms with Gasteiger partial charge < -0.3 is 9.84 Å². The van der Waals surface area contributed by atoms with Crippen LogP contribution >= 0.6 is 0 Å². The van der Waals surface area contributed by atoms with Crippen LogP contribution in [0.3, 0.4) is 0 Å². The van der Waals surface area contributed by atoms with Crippen molar-refractivity contribution in [2.75, 3.05) is 20.2 Å². The molecule has 1 aliphatic rings. The summed E-state index contributed by atoms with van der Waals surface area (Å²) in [5.41, 5.74) is 1.46. The van der Waals surface area contributed by atoms with Gasteiger partial charge in [0, 0.05) is 13.6 Å². The Morgan fingerprint density at radius 1 is 1.21 bits per heavy atom. The third-order valence-electron chi connectivity index (χ3n) is 3.85. The van der Waals surface area contributed by atoms with Crippen molar-refractivity contribution in [1.29, 1.82) is 0 Å². The zero-order chi connectivity index (χ0) is 17.3. The lowest BCUT2D eigenvalue weighted by Crippen LogP contribution is -2.30. The van der Waals surface area contributed by atoms with E-state index in [1.165, 1.54) is 29.6 Å². The number of epoxide rings is 1. The maximum absolute atomic E-state index is 12.6. The second kappa shape index (κ2) is 6.35. The Bertz CT molecular complexity index is 874. The quantitative estimate of drug-likeness (QED) is 0.808. The molecule has 1 heterocycles. The number of likely N-dealkylation sites (N-methyl/N-ethyl adjacent to an activating group) is 1. The van der Waals surface area contributed by atoms with E-state index < -0.39 is 16.0 Å². The van der Waals surface area contributed by atoms with E-state index in [2.05, 4.69) is 0 Å². The van der Waals surface area contributed by atoms with Crippen molar-refractivity contribution in [2.45, 2.75) is 11.0 Å². The van der Waals surface area contributed by atoms with Gasteiger partial charge in [-0.1, -0.05) is 24.3 Å². The van der Waals surface area contributed by atoms with Gasteiger partial charge in [-0.05, 0) is 35.4 Å². The van der Waals surface area contributed by atoms with Gasteiger partial charge in [0.2, 0.25) is 10.0 Å². The first kappa shape index (κ1) is 16.6. The lowest BCUT2D eigenvalue weighted by Gasteiger charge is -2.16.